The smallest absolute Gasteiger partial charge is 0.263 e. The van der Waals surface area contributed by atoms with Gasteiger partial charge in [-0.15, -0.1) is 11.3 Å². The van der Waals surface area contributed by atoms with Crippen LogP contribution in [-0.4, -0.2) is 35.7 Å². The fourth-order valence-electron chi connectivity index (χ4n) is 3.20. The van der Waals surface area contributed by atoms with Crippen LogP contribution < -0.4 is 5.56 Å². The van der Waals surface area contributed by atoms with Crippen LogP contribution in [0.4, 0.5) is 0 Å². The Morgan fingerprint density at radius 1 is 1.27 bits per heavy atom. The van der Waals surface area contributed by atoms with Gasteiger partial charge < -0.3 is 0 Å². The zero-order chi connectivity index (χ0) is 18.9. The summed E-state index contributed by atoms with van der Waals surface area (Å²) in [6.07, 6.45) is 6.46. The van der Waals surface area contributed by atoms with Crippen molar-refractivity contribution in [2.24, 2.45) is 5.92 Å². The molecule has 0 bridgehead atoms. The van der Waals surface area contributed by atoms with Gasteiger partial charge in [-0.25, -0.2) is 13.4 Å². The maximum Gasteiger partial charge on any atom is 0.263 e. The lowest BCUT2D eigenvalue weighted by Gasteiger charge is -2.14. The molecule has 1 aliphatic carbocycles. The summed E-state index contributed by atoms with van der Waals surface area (Å²) in [6.45, 7) is 4.91. The van der Waals surface area contributed by atoms with Gasteiger partial charge in [-0.3, -0.25) is 9.36 Å². The molecule has 0 aliphatic heterocycles. The van der Waals surface area contributed by atoms with E-state index in [2.05, 4.69) is 13.8 Å². The molecule has 0 fully saturated rings. The largest absolute Gasteiger partial charge is 0.287 e. The van der Waals surface area contributed by atoms with E-state index in [0.29, 0.717) is 23.4 Å². The maximum atomic E-state index is 13.3. The van der Waals surface area contributed by atoms with Gasteiger partial charge in [-0.1, -0.05) is 25.6 Å². The van der Waals surface area contributed by atoms with E-state index in [9.17, 15) is 13.2 Å². The molecule has 0 saturated heterocycles. The third-order valence-electron chi connectivity index (χ3n) is 4.66. The number of thioether (sulfide) groups is 1. The van der Waals surface area contributed by atoms with E-state index in [0.717, 1.165) is 35.9 Å². The molecule has 0 amide bonds. The standard InChI is InChI=1S/C18H26N2O3S3/c1-12(2)8-9-20-17(21)15-13-6-4-5-7-14(13)25-16(15)19-18(20)24-10-11-26(3,22)23/h12H,4-11H2,1-3H3. The zero-order valence-corrected chi connectivity index (χ0v) is 18.0. The van der Waals surface area contributed by atoms with Crippen molar-refractivity contribution in [3.05, 3.63) is 20.8 Å². The molecular formula is C18H26N2O3S3. The van der Waals surface area contributed by atoms with Crippen LogP contribution in [0.1, 0.15) is 43.6 Å². The summed E-state index contributed by atoms with van der Waals surface area (Å²) in [4.78, 5) is 20.2. The molecule has 8 heteroatoms. The predicted octanol–water partition coefficient (Wildman–Crippen LogP) is 3.52. The first-order valence-corrected chi connectivity index (χ1v) is 13.0. The molecule has 0 spiro atoms. The predicted molar refractivity (Wildman–Crippen MR) is 110 cm³/mol. The number of aryl methyl sites for hydroxylation is 2. The second-order valence-corrected chi connectivity index (χ2v) is 11.8. The molecule has 1 aliphatic rings. The molecule has 2 heterocycles. The Labute approximate surface area is 163 Å². The summed E-state index contributed by atoms with van der Waals surface area (Å²) < 4.78 is 24.6. The molecular weight excluding hydrogens is 388 g/mol. The zero-order valence-electron chi connectivity index (χ0n) is 15.6. The molecule has 2 aromatic rings. The number of aromatic nitrogens is 2. The normalized spacial score (nSPS) is 14.9. The van der Waals surface area contributed by atoms with E-state index in [1.54, 1.807) is 15.9 Å². The van der Waals surface area contributed by atoms with Crippen LogP contribution in [0.15, 0.2) is 9.95 Å². The van der Waals surface area contributed by atoms with Crippen molar-refractivity contribution < 1.29 is 8.42 Å². The van der Waals surface area contributed by atoms with Crippen LogP contribution in [0, 0.1) is 5.92 Å². The Bertz CT molecular complexity index is 958. The summed E-state index contributed by atoms with van der Waals surface area (Å²) in [6, 6.07) is 0. The lowest BCUT2D eigenvalue weighted by atomic mass is 9.97. The van der Waals surface area contributed by atoms with Crippen LogP contribution in [-0.2, 0) is 29.2 Å². The van der Waals surface area contributed by atoms with E-state index in [1.165, 1.54) is 34.9 Å². The minimum Gasteiger partial charge on any atom is -0.287 e. The summed E-state index contributed by atoms with van der Waals surface area (Å²) >= 11 is 3.02. The monoisotopic (exact) mass is 414 g/mol. The van der Waals surface area contributed by atoms with Crippen molar-refractivity contribution in [1.29, 1.82) is 0 Å². The molecule has 0 atom stereocenters. The Morgan fingerprint density at radius 3 is 2.69 bits per heavy atom. The first-order chi connectivity index (χ1) is 12.3. The van der Waals surface area contributed by atoms with E-state index in [-0.39, 0.29) is 11.3 Å². The van der Waals surface area contributed by atoms with Crippen LogP contribution in [0.25, 0.3) is 10.2 Å². The number of hydrogen-bond donors (Lipinski definition) is 0. The van der Waals surface area contributed by atoms with E-state index >= 15 is 0 Å². The fourth-order valence-corrected chi connectivity index (χ4v) is 6.72. The Hall–Kier alpha value is -0.860. The Kier molecular flexibility index (Phi) is 6.14. The van der Waals surface area contributed by atoms with E-state index in [1.807, 2.05) is 0 Å². The van der Waals surface area contributed by atoms with Gasteiger partial charge in [0.2, 0.25) is 0 Å². The topological polar surface area (TPSA) is 69.0 Å². The van der Waals surface area contributed by atoms with Crippen molar-refractivity contribution in [2.45, 2.75) is 57.7 Å². The van der Waals surface area contributed by atoms with E-state index < -0.39 is 9.84 Å². The summed E-state index contributed by atoms with van der Waals surface area (Å²) in [5.41, 5.74) is 1.26. The van der Waals surface area contributed by atoms with E-state index in [4.69, 9.17) is 4.98 Å². The molecule has 0 aromatic carbocycles. The Balaban J connectivity index is 2.03. The van der Waals surface area contributed by atoms with Crippen molar-refractivity contribution >= 4 is 43.2 Å². The molecule has 5 nitrogen and oxygen atoms in total. The quantitative estimate of drug-likeness (QED) is 0.512. The van der Waals surface area contributed by atoms with Gasteiger partial charge >= 0.3 is 0 Å². The van der Waals surface area contributed by atoms with Crippen molar-refractivity contribution in [3.63, 3.8) is 0 Å². The van der Waals surface area contributed by atoms with Crippen molar-refractivity contribution in [1.82, 2.24) is 9.55 Å². The average molecular weight is 415 g/mol. The first-order valence-electron chi connectivity index (χ1n) is 9.12. The first kappa shape index (κ1) is 19.9. The number of rotatable bonds is 7. The fraction of sp³-hybridized carbons (Fsp3) is 0.667. The minimum atomic E-state index is -3.02. The molecule has 144 valence electrons. The third-order valence-corrected chi connectivity index (χ3v) is 8.02. The van der Waals surface area contributed by atoms with Gasteiger partial charge in [0.1, 0.15) is 14.7 Å². The van der Waals surface area contributed by atoms with Crippen LogP contribution in [0.2, 0.25) is 0 Å². The minimum absolute atomic E-state index is 0.0527. The number of nitrogens with zero attached hydrogens (tertiary/aromatic N) is 2. The summed E-state index contributed by atoms with van der Waals surface area (Å²) in [5.74, 6) is 1.00. The van der Waals surface area contributed by atoms with Crippen molar-refractivity contribution in [2.75, 3.05) is 17.8 Å². The van der Waals surface area contributed by atoms with Crippen LogP contribution in [0.5, 0.6) is 0 Å². The summed E-state index contributed by atoms with van der Waals surface area (Å²) in [7, 11) is -3.02. The van der Waals surface area contributed by atoms with Crippen LogP contribution >= 0.6 is 23.1 Å². The van der Waals surface area contributed by atoms with Gasteiger partial charge in [-0.05, 0) is 43.6 Å². The van der Waals surface area contributed by atoms with Crippen molar-refractivity contribution in [3.8, 4) is 0 Å². The molecule has 2 aromatic heterocycles. The number of thiophene rings is 1. The van der Waals surface area contributed by atoms with Gasteiger partial charge in [-0.2, -0.15) is 0 Å². The number of hydrogen-bond acceptors (Lipinski definition) is 6. The molecule has 3 rings (SSSR count). The van der Waals surface area contributed by atoms with Gasteiger partial charge in [0.15, 0.2) is 5.16 Å². The lowest BCUT2D eigenvalue weighted by molar-refractivity contribution is 0.481. The third kappa shape index (κ3) is 4.51. The van der Waals surface area contributed by atoms with Gasteiger partial charge in [0.25, 0.3) is 5.56 Å². The highest BCUT2D eigenvalue weighted by Gasteiger charge is 2.22. The highest BCUT2D eigenvalue weighted by molar-refractivity contribution is 8.00. The molecule has 0 radical (unpaired) electrons. The molecule has 0 unspecified atom stereocenters. The van der Waals surface area contributed by atoms with Gasteiger partial charge in [0.05, 0.1) is 11.1 Å². The lowest BCUT2D eigenvalue weighted by Crippen LogP contribution is -2.25. The average Bonchev–Trinajstić information content (AvgIpc) is 2.91. The molecule has 0 saturated carbocycles. The van der Waals surface area contributed by atoms with Gasteiger partial charge in [0, 0.05) is 23.4 Å². The SMILES string of the molecule is CC(C)CCn1c(SCCS(C)(=O)=O)nc2sc3c(c2c1=O)CCCC3. The second kappa shape index (κ2) is 8.02. The number of fused-ring (bicyclic) bond motifs is 3. The number of sulfone groups is 1. The Morgan fingerprint density at radius 2 is 2.00 bits per heavy atom. The second-order valence-electron chi connectivity index (χ2n) is 7.40. The van der Waals surface area contributed by atoms with Crippen LogP contribution in [0.3, 0.4) is 0 Å². The summed E-state index contributed by atoms with van der Waals surface area (Å²) in [5, 5.41) is 1.46. The molecule has 26 heavy (non-hydrogen) atoms. The molecule has 0 N–H and O–H groups in total. The highest BCUT2D eigenvalue weighted by atomic mass is 32.2. The highest BCUT2D eigenvalue weighted by Crippen LogP contribution is 2.34. The maximum absolute atomic E-state index is 13.3.